The number of nitrogens with zero attached hydrogens (tertiary/aromatic N) is 3. The molecule has 1 amide bonds. The van der Waals surface area contributed by atoms with Crippen molar-refractivity contribution < 1.29 is 13.9 Å². The molecule has 9 nitrogen and oxygen atoms in total. The molecule has 1 atom stereocenters. The molecular weight excluding hydrogens is 512 g/mol. The Morgan fingerprint density at radius 3 is 2.76 bits per heavy atom. The van der Waals surface area contributed by atoms with Crippen molar-refractivity contribution in [2.75, 3.05) is 7.11 Å². The second kappa shape index (κ2) is 9.86. The summed E-state index contributed by atoms with van der Waals surface area (Å²) < 4.78 is 16.5. The fourth-order valence-electron chi connectivity index (χ4n) is 4.24. The summed E-state index contributed by atoms with van der Waals surface area (Å²) in [4.78, 5) is 46.0. The van der Waals surface area contributed by atoms with Gasteiger partial charge in [0, 0.05) is 11.3 Å². The first kappa shape index (κ1) is 25.3. The van der Waals surface area contributed by atoms with Gasteiger partial charge in [-0.3, -0.25) is 18.9 Å². The van der Waals surface area contributed by atoms with Gasteiger partial charge in [-0.2, -0.15) is 0 Å². The van der Waals surface area contributed by atoms with E-state index in [0.29, 0.717) is 39.5 Å². The van der Waals surface area contributed by atoms with Crippen LogP contribution in [0.25, 0.3) is 21.0 Å². The lowest BCUT2D eigenvalue weighted by atomic mass is 10.1. The first-order valence-corrected chi connectivity index (χ1v) is 13.7. The highest BCUT2D eigenvalue weighted by atomic mass is 32.2. The standard InChI is InChI=1S/C26H28N4O5S2/c1-15-19-23(32)30(16(2)21(31)28-37-26(3)10-11-26)25(33)29(13-9-17-7-5-6-8-18(17)34-4)24(19)36-20(15)22-27-12-14-35-22/h5-8,12,14,16H,9-11,13H2,1-4H3,(H,28,31)/t16-/m1/s1. The molecule has 1 aromatic carbocycles. The number of hydrogen-bond acceptors (Lipinski definition) is 8. The summed E-state index contributed by atoms with van der Waals surface area (Å²) >= 11 is 2.65. The molecule has 0 aliphatic heterocycles. The molecule has 4 aromatic rings. The lowest BCUT2D eigenvalue weighted by molar-refractivity contribution is -0.122. The maximum absolute atomic E-state index is 13.8. The Bertz CT molecular complexity index is 1580. The van der Waals surface area contributed by atoms with Crippen molar-refractivity contribution in [3.8, 4) is 16.5 Å². The molecule has 0 unspecified atom stereocenters. The van der Waals surface area contributed by atoms with Crippen molar-refractivity contribution in [3.05, 3.63) is 68.7 Å². The number of thiophene rings is 1. The van der Waals surface area contributed by atoms with E-state index in [0.717, 1.165) is 28.7 Å². The summed E-state index contributed by atoms with van der Waals surface area (Å²) in [5.74, 6) is 0.725. The average Bonchev–Trinajstić information content (AvgIpc) is 3.25. The topological polar surface area (TPSA) is 108 Å². The molecule has 11 heteroatoms. The highest BCUT2D eigenvalue weighted by Gasteiger charge is 2.39. The van der Waals surface area contributed by atoms with Gasteiger partial charge >= 0.3 is 5.69 Å². The predicted molar refractivity (Wildman–Crippen MR) is 145 cm³/mol. The van der Waals surface area contributed by atoms with Gasteiger partial charge in [0.25, 0.3) is 11.5 Å². The summed E-state index contributed by atoms with van der Waals surface area (Å²) in [5, 5.41) is 0.388. The van der Waals surface area contributed by atoms with Gasteiger partial charge in [-0.15, -0.1) is 11.3 Å². The third-order valence-corrected chi connectivity index (χ3v) is 9.29. The van der Waals surface area contributed by atoms with E-state index in [2.05, 4.69) is 16.6 Å². The molecule has 5 rings (SSSR count). The van der Waals surface area contributed by atoms with Crippen LogP contribution < -0.4 is 20.7 Å². The number of oxazole rings is 1. The van der Waals surface area contributed by atoms with E-state index in [4.69, 9.17) is 9.15 Å². The minimum absolute atomic E-state index is 0.0220. The highest BCUT2D eigenvalue weighted by Crippen LogP contribution is 2.46. The Morgan fingerprint density at radius 2 is 2.08 bits per heavy atom. The van der Waals surface area contributed by atoms with E-state index < -0.39 is 17.3 Å². The molecule has 1 aliphatic rings. The third kappa shape index (κ3) is 4.73. The van der Waals surface area contributed by atoms with Crippen LogP contribution in [0.2, 0.25) is 0 Å². The van der Waals surface area contributed by atoms with Crippen molar-refractivity contribution in [3.63, 3.8) is 0 Å². The smallest absolute Gasteiger partial charge is 0.332 e. The molecule has 37 heavy (non-hydrogen) atoms. The zero-order valence-electron chi connectivity index (χ0n) is 21.1. The number of methoxy groups -OCH3 is 1. The normalized spacial score (nSPS) is 15.0. The summed E-state index contributed by atoms with van der Waals surface area (Å²) in [6.45, 7) is 5.77. The largest absolute Gasteiger partial charge is 0.496 e. The third-order valence-electron chi connectivity index (χ3n) is 6.79. The first-order chi connectivity index (χ1) is 17.7. The molecule has 1 aliphatic carbocycles. The minimum atomic E-state index is -0.985. The quantitative estimate of drug-likeness (QED) is 0.315. The van der Waals surface area contributed by atoms with E-state index >= 15 is 0 Å². The molecule has 0 bridgehead atoms. The summed E-state index contributed by atoms with van der Waals surface area (Å²) in [5.41, 5.74) is 0.576. The van der Waals surface area contributed by atoms with Crippen LogP contribution in [0.15, 0.2) is 50.7 Å². The molecule has 1 saturated carbocycles. The van der Waals surface area contributed by atoms with Crippen molar-refractivity contribution in [1.82, 2.24) is 18.8 Å². The molecule has 1 N–H and O–H groups in total. The maximum atomic E-state index is 13.8. The average molecular weight is 541 g/mol. The Morgan fingerprint density at radius 1 is 1.32 bits per heavy atom. The molecule has 0 saturated heterocycles. The van der Waals surface area contributed by atoms with E-state index in [1.165, 1.54) is 35.7 Å². The van der Waals surface area contributed by atoms with Crippen LogP contribution in [0.4, 0.5) is 0 Å². The predicted octanol–water partition coefficient (Wildman–Crippen LogP) is 4.32. The number of amides is 1. The van der Waals surface area contributed by atoms with Crippen molar-refractivity contribution in [2.45, 2.75) is 57.4 Å². The number of ether oxygens (including phenoxy) is 1. The number of benzene rings is 1. The highest BCUT2D eigenvalue weighted by molar-refractivity contribution is 7.99. The first-order valence-electron chi connectivity index (χ1n) is 12.0. The number of hydrogen-bond donors (Lipinski definition) is 1. The molecule has 3 aromatic heterocycles. The number of rotatable bonds is 9. The fourth-order valence-corrected chi connectivity index (χ4v) is 6.32. The molecule has 1 fully saturated rings. The van der Waals surface area contributed by atoms with Gasteiger partial charge in [0.15, 0.2) is 0 Å². The number of carbonyl (C=O) groups is 1. The molecular formula is C26H28N4O5S2. The Kier molecular flexibility index (Phi) is 6.76. The zero-order valence-corrected chi connectivity index (χ0v) is 22.7. The van der Waals surface area contributed by atoms with Gasteiger partial charge in [0.1, 0.15) is 22.9 Å². The van der Waals surface area contributed by atoms with E-state index in [1.54, 1.807) is 18.6 Å². The van der Waals surface area contributed by atoms with Gasteiger partial charge in [-0.25, -0.2) is 14.3 Å². The monoisotopic (exact) mass is 540 g/mol. The van der Waals surface area contributed by atoms with Crippen LogP contribution in [-0.2, 0) is 17.8 Å². The Balaban J connectivity index is 1.62. The van der Waals surface area contributed by atoms with Gasteiger partial charge in [0.05, 0.1) is 23.6 Å². The van der Waals surface area contributed by atoms with Crippen LogP contribution in [0.1, 0.15) is 43.9 Å². The van der Waals surface area contributed by atoms with Gasteiger partial charge in [-0.1, -0.05) is 18.2 Å². The Labute approximate surface area is 221 Å². The van der Waals surface area contributed by atoms with Crippen LogP contribution in [0, 0.1) is 6.92 Å². The second-order valence-corrected chi connectivity index (χ2v) is 11.8. The second-order valence-electron chi connectivity index (χ2n) is 9.44. The maximum Gasteiger partial charge on any atom is 0.332 e. The molecule has 0 spiro atoms. The van der Waals surface area contributed by atoms with Crippen molar-refractivity contribution in [1.29, 1.82) is 0 Å². The molecule has 0 radical (unpaired) electrons. The van der Waals surface area contributed by atoms with Crippen molar-refractivity contribution >= 4 is 39.4 Å². The van der Waals surface area contributed by atoms with Crippen molar-refractivity contribution in [2.24, 2.45) is 0 Å². The van der Waals surface area contributed by atoms with Crippen LogP contribution in [-0.4, -0.2) is 31.9 Å². The summed E-state index contributed by atoms with van der Waals surface area (Å²) in [6.07, 6.45) is 5.54. The number of carbonyl (C=O) groups excluding carboxylic acids is 1. The fraction of sp³-hybridized carbons (Fsp3) is 0.385. The van der Waals surface area contributed by atoms with Crippen LogP contribution in [0.5, 0.6) is 5.75 Å². The summed E-state index contributed by atoms with van der Waals surface area (Å²) in [6, 6.07) is 6.63. The number of aromatic nitrogens is 3. The minimum Gasteiger partial charge on any atom is -0.496 e. The van der Waals surface area contributed by atoms with Gasteiger partial charge in [0.2, 0.25) is 5.89 Å². The zero-order chi connectivity index (χ0) is 26.3. The summed E-state index contributed by atoms with van der Waals surface area (Å²) in [7, 11) is 1.61. The lowest BCUT2D eigenvalue weighted by Crippen LogP contribution is -2.45. The molecule has 3 heterocycles. The lowest BCUT2D eigenvalue weighted by Gasteiger charge is -2.18. The molecule has 194 valence electrons. The Hall–Kier alpha value is -3.31. The van der Waals surface area contributed by atoms with Gasteiger partial charge in [-0.05, 0) is 69.2 Å². The van der Waals surface area contributed by atoms with Crippen LogP contribution in [0.3, 0.4) is 0 Å². The van der Waals surface area contributed by atoms with Gasteiger partial charge < -0.3 is 9.15 Å². The number of aryl methyl sites for hydroxylation is 3. The number of nitrogens with one attached hydrogen (secondary N) is 1. The number of fused-ring (bicyclic) bond motifs is 1. The van der Waals surface area contributed by atoms with Crippen LogP contribution >= 0.6 is 23.3 Å². The number of para-hydroxylation sites is 1. The SMILES string of the molecule is COc1ccccc1CCn1c(=O)n([C@H](C)C(=O)NSC2(C)CC2)c(=O)c2c(C)c(-c3ncco3)sc21. The van der Waals surface area contributed by atoms with E-state index in [1.807, 2.05) is 31.2 Å². The van der Waals surface area contributed by atoms with E-state index in [9.17, 15) is 14.4 Å². The van der Waals surface area contributed by atoms with E-state index in [-0.39, 0.29) is 10.7 Å².